The lowest BCUT2D eigenvalue weighted by atomic mass is 10.1. The number of aliphatic imine (C=N–C) groups is 1. The van der Waals surface area contributed by atoms with Crippen LogP contribution in [0.3, 0.4) is 0 Å². The van der Waals surface area contributed by atoms with Crippen molar-refractivity contribution in [3.63, 3.8) is 0 Å². The lowest BCUT2D eigenvalue weighted by Gasteiger charge is -2.21. The number of benzene rings is 1. The van der Waals surface area contributed by atoms with Crippen LogP contribution in [0, 0.1) is 13.8 Å². The normalized spacial score (nSPS) is 11.2. The molecule has 0 saturated carbocycles. The summed E-state index contributed by atoms with van der Waals surface area (Å²) in [6, 6.07) is 8.18. The minimum absolute atomic E-state index is 0. The Hall–Kier alpha value is -1.94. The first kappa shape index (κ1) is 23.3. The van der Waals surface area contributed by atoms with Crippen LogP contribution >= 0.6 is 35.3 Å². The number of guanidine groups is 1. The average Bonchev–Trinajstić information content (AvgIpc) is 3.31. The molecule has 1 N–H and O–H groups in total. The van der Waals surface area contributed by atoms with Gasteiger partial charge in [0.15, 0.2) is 5.96 Å². The third-order valence-electron chi connectivity index (χ3n) is 4.24. The number of hydrogen-bond donors (Lipinski definition) is 1. The largest absolute Gasteiger partial charge is 0.444 e. The highest BCUT2D eigenvalue weighted by Gasteiger charge is 2.10. The molecule has 3 rings (SSSR count). The molecule has 0 saturated heterocycles. The number of rotatable bonds is 7. The van der Waals surface area contributed by atoms with Gasteiger partial charge in [-0.3, -0.25) is 4.99 Å². The van der Waals surface area contributed by atoms with Gasteiger partial charge in [0.05, 0.1) is 22.9 Å². The van der Waals surface area contributed by atoms with E-state index in [2.05, 4.69) is 51.5 Å². The number of hydrogen-bond acceptors (Lipinski definition) is 5. The van der Waals surface area contributed by atoms with Crippen molar-refractivity contribution in [3.8, 4) is 11.5 Å². The van der Waals surface area contributed by atoms with Crippen LogP contribution in [-0.2, 0) is 13.0 Å². The van der Waals surface area contributed by atoms with E-state index in [0.29, 0.717) is 12.4 Å². The molecule has 3 aromatic rings. The van der Waals surface area contributed by atoms with Crippen molar-refractivity contribution < 1.29 is 4.42 Å². The Labute approximate surface area is 193 Å². The summed E-state index contributed by atoms with van der Waals surface area (Å²) in [7, 11) is 2.03. The fourth-order valence-corrected chi connectivity index (χ4v) is 3.40. The van der Waals surface area contributed by atoms with Gasteiger partial charge in [-0.05, 0) is 32.9 Å². The smallest absolute Gasteiger partial charge is 0.226 e. The van der Waals surface area contributed by atoms with E-state index in [-0.39, 0.29) is 24.0 Å². The van der Waals surface area contributed by atoms with Crippen molar-refractivity contribution in [1.82, 2.24) is 20.2 Å². The lowest BCUT2D eigenvalue weighted by Crippen LogP contribution is -2.38. The van der Waals surface area contributed by atoms with Crippen LogP contribution in [0.1, 0.15) is 28.9 Å². The summed E-state index contributed by atoms with van der Waals surface area (Å²) in [5.74, 6) is 1.53. The molecule has 29 heavy (non-hydrogen) atoms. The van der Waals surface area contributed by atoms with Crippen LogP contribution in [0.5, 0.6) is 0 Å². The van der Waals surface area contributed by atoms with Crippen LogP contribution in [-0.4, -0.2) is 41.0 Å². The molecule has 0 atom stereocenters. The van der Waals surface area contributed by atoms with Gasteiger partial charge in [0, 0.05) is 37.5 Å². The van der Waals surface area contributed by atoms with E-state index in [9.17, 15) is 0 Å². The highest BCUT2D eigenvalue weighted by atomic mass is 127. The quantitative estimate of drug-likeness (QED) is 0.276. The van der Waals surface area contributed by atoms with Crippen molar-refractivity contribution in [2.75, 3.05) is 20.1 Å². The van der Waals surface area contributed by atoms with Crippen molar-refractivity contribution in [3.05, 3.63) is 57.9 Å². The highest BCUT2D eigenvalue weighted by molar-refractivity contribution is 14.0. The first-order valence-electron chi connectivity index (χ1n) is 9.47. The SMILES string of the molecule is CCNC(=NCCc1coc(-c2ccc(C)cc2)n1)N(C)Cc1csc(C)n1.I. The molecule has 0 aliphatic rings. The molecule has 0 spiro atoms. The second-order valence-corrected chi connectivity index (χ2v) is 7.77. The molecule has 6 nitrogen and oxygen atoms in total. The molecule has 0 fully saturated rings. The number of nitrogens with zero attached hydrogens (tertiary/aromatic N) is 4. The molecule has 8 heteroatoms. The van der Waals surface area contributed by atoms with Gasteiger partial charge in [-0.1, -0.05) is 17.7 Å². The van der Waals surface area contributed by atoms with Gasteiger partial charge in [-0.15, -0.1) is 35.3 Å². The molecule has 0 aliphatic heterocycles. The summed E-state index contributed by atoms with van der Waals surface area (Å²) in [6.45, 7) is 8.36. The maximum atomic E-state index is 5.63. The van der Waals surface area contributed by atoms with Crippen LogP contribution < -0.4 is 5.32 Å². The van der Waals surface area contributed by atoms with Gasteiger partial charge in [0.25, 0.3) is 0 Å². The standard InChI is InChI=1S/C21H27N5OS.HI/c1-5-22-21(26(4)12-19-14-28-16(3)24-19)23-11-10-18-13-27-20(25-18)17-8-6-15(2)7-9-17;/h6-9,13-14H,5,10-12H2,1-4H3,(H,22,23);1H. The molecule has 156 valence electrons. The molecule has 0 amide bonds. The van der Waals surface area contributed by atoms with Gasteiger partial charge < -0.3 is 14.6 Å². The molecule has 0 unspecified atom stereocenters. The van der Waals surface area contributed by atoms with E-state index >= 15 is 0 Å². The summed E-state index contributed by atoms with van der Waals surface area (Å²) < 4.78 is 5.63. The second-order valence-electron chi connectivity index (χ2n) is 6.71. The average molecular weight is 525 g/mol. The van der Waals surface area contributed by atoms with Crippen LogP contribution in [0.2, 0.25) is 0 Å². The van der Waals surface area contributed by atoms with Crippen LogP contribution in [0.25, 0.3) is 11.5 Å². The molecule has 2 heterocycles. The Kier molecular flexibility index (Phi) is 9.09. The van der Waals surface area contributed by atoms with E-state index in [1.54, 1.807) is 17.6 Å². The minimum Gasteiger partial charge on any atom is -0.444 e. The molecular formula is C21H28IN5OS. The third-order valence-corrected chi connectivity index (χ3v) is 5.06. The zero-order valence-corrected chi connectivity index (χ0v) is 20.5. The fraction of sp³-hybridized carbons (Fsp3) is 0.381. The molecule has 0 bridgehead atoms. The predicted molar refractivity (Wildman–Crippen MR) is 130 cm³/mol. The number of nitrogens with one attached hydrogen (secondary N) is 1. The van der Waals surface area contributed by atoms with Crippen LogP contribution in [0.15, 0.2) is 45.3 Å². The summed E-state index contributed by atoms with van der Waals surface area (Å²) in [6.07, 6.45) is 2.45. The highest BCUT2D eigenvalue weighted by Crippen LogP contribution is 2.19. The second kappa shape index (κ2) is 11.3. The van der Waals surface area contributed by atoms with E-state index in [4.69, 9.17) is 9.41 Å². The van der Waals surface area contributed by atoms with E-state index in [1.807, 2.05) is 26.1 Å². The maximum absolute atomic E-state index is 5.63. The van der Waals surface area contributed by atoms with E-state index in [0.717, 1.165) is 47.4 Å². The van der Waals surface area contributed by atoms with Gasteiger partial charge >= 0.3 is 0 Å². The summed E-state index contributed by atoms with van der Waals surface area (Å²) in [4.78, 5) is 15.9. The number of aryl methyl sites for hydroxylation is 2. The van der Waals surface area contributed by atoms with Crippen molar-refractivity contribution in [2.24, 2.45) is 4.99 Å². The fourth-order valence-electron chi connectivity index (χ4n) is 2.80. The molecule has 0 radical (unpaired) electrons. The Bertz CT molecular complexity index is 919. The first-order valence-corrected chi connectivity index (χ1v) is 10.3. The van der Waals surface area contributed by atoms with Crippen molar-refractivity contribution in [1.29, 1.82) is 0 Å². The van der Waals surface area contributed by atoms with E-state index < -0.39 is 0 Å². The van der Waals surface area contributed by atoms with E-state index in [1.165, 1.54) is 5.56 Å². The Morgan fingerprint density at radius 3 is 2.59 bits per heavy atom. The molecule has 2 aromatic heterocycles. The summed E-state index contributed by atoms with van der Waals surface area (Å²) in [5.41, 5.74) is 4.19. The number of oxazole rings is 1. The van der Waals surface area contributed by atoms with Crippen molar-refractivity contribution in [2.45, 2.75) is 33.7 Å². The van der Waals surface area contributed by atoms with Gasteiger partial charge in [-0.25, -0.2) is 9.97 Å². The number of aromatic nitrogens is 2. The number of thiazole rings is 1. The van der Waals surface area contributed by atoms with Gasteiger partial charge in [0.1, 0.15) is 6.26 Å². The summed E-state index contributed by atoms with van der Waals surface area (Å²) >= 11 is 1.67. The Morgan fingerprint density at radius 2 is 1.93 bits per heavy atom. The first-order chi connectivity index (χ1) is 13.5. The van der Waals surface area contributed by atoms with Crippen molar-refractivity contribution >= 4 is 41.3 Å². The lowest BCUT2D eigenvalue weighted by molar-refractivity contribution is 0.471. The minimum atomic E-state index is 0. The molecule has 0 aliphatic carbocycles. The Morgan fingerprint density at radius 1 is 1.17 bits per heavy atom. The zero-order chi connectivity index (χ0) is 19.9. The van der Waals surface area contributed by atoms with Crippen LogP contribution in [0.4, 0.5) is 0 Å². The monoisotopic (exact) mass is 525 g/mol. The van der Waals surface area contributed by atoms with Gasteiger partial charge in [0.2, 0.25) is 5.89 Å². The zero-order valence-electron chi connectivity index (χ0n) is 17.3. The van der Waals surface area contributed by atoms with Gasteiger partial charge in [-0.2, -0.15) is 0 Å². The maximum Gasteiger partial charge on any atom is 0.226 e. The molecule has 1 aromatic carbocycles. The topological polar surface area (TPSA) is 66.6 Å². The Balaban J connectivity index is 0.00000300. The number of halogens is 1. The molecular weight excluding hydrogens is 497 g/mol. The third kappa shape index (κ3) is 6.81. The summed E-state index contributed by atoms with van der Waals surface area (Å²) in [5, 5.41) is 6.52. The predicted octanol–water partition coefficient (Wildman–Crippen LogP) is 4.67.